The van der Waals surface area contributed by atoms with E-state index in [-0.39, 0.29) is 11.9 Å². The number of benzene rings is 2. The Morgan fingerprint density at radius 2 is 1.80 bits per heavy atom. The summed E-state index contributed by atoms with van der Waals surface area (Å²) < 4.78 is 1.71. The van der Waals surface area contributed by atoms with Gasteiger partial charge in [-0.15, -0.1) is 5.10 Å². The summed E-state index contributed by atoms with van der Waals surface area (Å²) in [6.45, 7) is 0.590. The zero-order valence-corrected chi connectivity index (χ0v) is 15.9. The Balaban J connectivity index is 1.29. The van der Waals surface area contributed by atoms with E-state index in [9.17, 15) is 4.79 Å². The van der Waals surface area contributed by atoms with Gasteiger partial charge in [0.05, 0.1) is 23.8 Å². The summed E-state index contributed by atoms with van der Waals surface area (Å²) in [5.74, 6) is 0.336. The van der Waals surface area contributed by atoms with E-state index in [4.69, 9.17) is 0 Å². The Morgan fingerprint density at radius 1 is 0.967 bits per heavy atom. The van der Waals surface area contributed by atoms with Gasteiger partial charge >= 0.3 is 0 Å². The molecular weight excluding hydrogens is 378 g/mol. The van der Waals surface area contributed by atoms with Crippen LogP contribution in [-0.2, 0) is 6.54 Å². The molecule has 5 rings (SSSR count). The minimum atomic E-state index is -0.327. The molecule has 3 aromatic heterocycles. The van der Waals surface area contributed by atoms with Crippen molar-refractivity contribution in [2.45, 2.75) is 6.54 Å². The van der Waals surface area contributed by atoms with Gasteiger partial charge in [0.2, 0.25) is 5.95 Å². The maximum atomic E-state index is 12.5. The van der Waals surface area contributed by atoms with Crippen LogP contribution in [0.4, 0.5) is 5.95 Å². The lowest BCUT2D eigenvalue weighted by atomic mass is 10.2. The number of fused-ring (bicyclic) bond motifs is 1. The fourth-order valence-corrected chi connectivity index (χ4v) is 3.14. The number of nitrogens with zero attached hydrogens (tertiary/aromatic N) is 5. The summed E-state index contributed by atoms with van der Waals surface area (Å²) in [6, 6.07) is 21.6. The molecular formula is C22H17N7O. The molecule has 3 heterocycles. The third-order valence-corrected chi connectivity index (χ3v) is 4.63. The van der Waals surface area contributed by atoms with E-state index >= 15 is 0 Å². The summed E-state index contributed by atoms with van der Waals surface area (Å²) in [7, 11) is 0. The fourth-order valence-electron chi connectivity index (χ4n) is 3.14. The number of aromatic nitrogens is 6. The third kappa shape index (κ3) is 3.66. The van der Waals surface area contributed by atoms with Crippen molar-refractivity contribution in [2.24, 2.45) is 0 Å². The summed E-state index contributed by atoms with van der Waals surface area (Å²) in [5, 5.41) is 14.9. The van der Waals surface area contributed by atoms with E-state index in [0.717, 1.165) is 16.5 Å². The first-order chi connectivity index (χ1) is 14.7. The van der Waals surface area contributed by atoms with Gasteiger partial charge in [0.1, 0.15) is 5.69 Å². The largest absolute Gasteiger partial charge is 0.289 e. The Labute approximate surface area is 171 Å². The highest BCUT2D eigenvalue weighted by atomic mass is 16.1. The van der Waals surface area contributed by atoms with Gasteiger partial charge in [0.25, 0.3) is 5.91 Å². The molecule has 0 aliphatic heterocycles. The Morgan fingerprint density at radius 3 is 2.70 bits per heavy atom. The molecule has 0 saturated heterocycles. The predicted molar refractivity (Wildman–Crippen MR) is 113 cm³/mol. The highest BCUT2D eigenvalue weighted by Gasteiger charge is 2.13. The normalized spacial score (nSPS) is 10.9. The molecule has 146 valence electrons. The molecule has 2 N–H and O–H groups in total. The standard InChI is InChI=1S/C22H17N7O/c30-21(17-12-23-29(14-17)13-15-6-2-1-3-7-15)26-22-25-20(27-28-22)19-11-10-16-8-4-5-9-18(16)24-19/h1-12,14H,13H2,(H2,25,26,27,28,30). The van der Waals surface area contributed by atoms with Gasteiger partial charge in [-0.25, -0.2) is 4.98 Å². The number of hydrogen-bond acceptors (Lipinski definition) is 5. The van der Waals surface area contributed by atoms with Crippen LogP contribution in [0.1, 0.15) is 15.9 Å². The second-order valence-corrected chi connectivity index (χ2v) is 6.76. The minimum Gasteiger partial charge on any atom is -0.289 e. The first-order valence-electron chi connectivity index (χ1n) is 9.41. The van der Waals surface area contributed by atoms with Gasteiger partial charge in [-0.2, -0.15) is 10.1 Å². The van der Waals surface area contributed by atoms with Gasteiger partial charge < -0.3 is 0 Å². The first kappa shape index (κ1) is 17.7. The summed E-state index contributed by atoms with van der Waals surface area (Å²) in [6.07, 6.45) is 3.22. The van der Waals surface area contributed by atoms with Crippen molar-refractivity contribution in [1.82, 2.24) is 29.9 Å². The van der Waals surface area contributed by atoms with Gasteiger partial charge in [0, 0.05) is 11.6 Å². The van der Waals surface area contributed by atoms with Gasteiger partial charge in [-0.3, -0.25) is 19.9 Å². The lowest BCUT2D eigenvalue weighted by Crippen LogP contribution is -2.12. The Kier molecular flexibility index (Phi) is 4.49. The number of anilines is 1. The molecule has 0 bridgehead atoms. The van der Waals surface area contributed by atoms with E-state index in [1.54, 1.807) is 10.9 Å². The fraction of sp³-hybridized carbons (Fsp3) is 0.0455. The van der Waals surface area contributed by atoms with Crippen LogP contribution in [0.3, 0.4) is 0 Å². The second kappa shape index (κ2) is 7.59. The molecule has 0 spiro atoms. The van der Waals surface area contributed by atoms with E-state index in [2.05, 4.69) is 30.6 Å². The highest BCUT2D eigenvalue weighted by Crippen LogP contribution is 2.18. The highest BCUT2D eigenvalue weighted by molar-refractivity contribution is 6.03. The maximum absolute atomic E-state index is 12.5. The number of aromatic amines is 1. The molecule has 8 nitrogen and oxygen atoms in total. The monoisotopic (exact) mass is 395 g/mol. The van der Waals surface area contributed by atoms with Crippen LogP contribution < -0.4 is 5.32 Å². The van der Waals surface area contributed by atoms with Gasteiger partial charge in [-0.1, -0.05) is 54.6 Å². The number of hydrogen-bond donors (Lipinski definition) is 2. The first-order valence-corrected chi connectivity index (χ1v) is 9.41. The summed E-state index contributed by atoms with van der Waals surface area (Å²) in [4.78, 5) is 21.4. The number of amides is 1. The summed E-state index contributed by atoms with van der Waals surface area (Å²) in [5.41, 5.74) is 3.05. The molecule has 5 aromatic rings. The third-order valence-electron chi connectivity index (χ3n) is 4.63. The van der Waals surface area contributed by atoms with Crippen molar-refractivity contribution in [3.8, 4) is 11.5 Å². The van der Waals surface area contributed by atoms with Crippen molar-refractivity contribution in [3.63, 3.8) is 0 Å². The van der Waals surface area contributed by atoms with Gasteiger partial charge in [0.15, 0.2) is 5.82 Å². The zero-order chi connectivity index (χ0) is 20.3. The second-order valence-electron chi connectivity index (χ2n) is 6.76. The molecule has 2 aromatic carbocycles. The van der Waals surface area contributed by atoms with Crippen molar-refractivity contribution >= 4 is 22.8 Å². The molecule has 0 unspecified atom stereocenters. The average molecular weight is 395 g/mol. The molecule has 0 fully saturated rings. The van der Waals surface area contributed by atoms with E-state index in [1.165, 1.54) is 6.20 Å². The van der Waals surface area contributed by atoms with E-state index < -0.39 is 0 Å². The molecule has 0 atom stereocenters. The Hall–Kier alpha value is -4.33. The number of pyridine rings is 1. The quantitative estimate of drug-likeness (QED) is 0.474. The molecule has 8 heteroatoms. The summed E-state index contributed by atoms with van der Waals surface area (Å²) >= 11 is 0. The van der Waals surface area contributed by atoms with Crippen LogP contribution in [-0.4, -0.2) is 35.9 Å². The van der Waals surface area contributed by atoms with Crippen LogP contribution in [0.25, 0.3) is 22.4 Å². The number of H-pyrrole nitrogens is 1. The number of rotatable bonds is 5. The smallest absolute Gasteiger partial charge is 0.261 e. The van der Waals surface area contributed by atoms with Crippen LogP contribution in [0.2, 0.25) is 0 Å². The van der Waals surface area contributed by atoms with Crippen LogP contribution in [0.15, 0.2) is 79.1 Å². The zero-order valence-electron chi connectivity index (χ0n) is 15.9. The predicted octanol–water partition coefficient (Wildman–Crippen LogP) is 3.52. The molecule has 0 aliphatic carbocycles. The average Bonchev–Trinajstić information content (AvgIpc) is 3.44. The lowest BCUT2D eigenvalue weighted by molar-refractivity contribution is 0.102. The van der Waals surface area contributed by atoms with E-state index in [1.807, 2.05) is 66.7 Å². The van der Waals surface area contributed by atoms with Crippen molar-refractivity contribution in [1.29, 1.82) is 0 Å². The van der Waals surface area contributed by atoms with Crippen LogP contribution in [0.5, 0.6) is 0 Å². The van der Waals surface area contributed by atoms with Crippen LogP contribution in [0, 0.1) is 0 Å². The number of para-hydroxylation sites is 1. The van der Waals surface area contributed by atoms with Crippen LogP contribution >= 0.6 is 0 Å². The Bertz CT molecular complexity index is 1320. The van der Waals surface area contributed by atoms with Crippen molar-refractivity contribution < 1.29 is 4.79 Å². The molecule has 1 amide bonds. The number of carbonyl (C=O) groups excluding carboxylic acids is 1. The number of nitrogens with one attached hydrogen (secondary N) is 2. The minimum absolute atomic E-state index is 0.181. The lowest BCUT2D eigenvalue weighted by Gasteiger charge is -2.01. The molecule has 30 heavy (non-hydrogen) atoms. The number of carbonyl (C=O) groups is 1. The molecule has 0 aliphatic rings. The van der Waals surface area contributed by atoms with Crippen molar-refractivity contribution in [3.05, 3.63) is 90.3 Å². The molecule has 0 saturated carbocycles. The van der Waals surface area contributed by atoms with Gasteiger partial charge in [-0.05, 0) is 17.7 Å². The van der Waals surface area contributed by atoms with E-state index in [0.29, 0.717) is 23.6 Å². The van der Waals surface area contributed by atoms with Crippen molar-refractivity contribution in [2.75, 3.05) is 5.32 Å². The SMILES string of the molecule is O=C(Nc1n[nH]c(-c2ccc3ccccc3n2)n1)c1cnn(Cc2ccccc2)c1. The molecule has 0 radical (unpaired) electrons. The topological polar surface area (TPSA) is 101 Å². The maximum Gasteiger partial charge on any atom is 0.261 e.